The highest BCUT2D eigenvalue weighted by atomic mass is 16.5. The quantitative estimate of drug-likeness (QED) is 0.722. The van der Waals surface area contributed by atoms with E-state index in [2.05, 4.69) is 37.9 Å². The molecule has 1 heterocycles. The van der Waals surface area contributed by atoms with Crippen LogP contribution in [0.1, 0.15) is 47.0 Å². The van der Waals surface area contributed by atoms with E-state index in [9.17, 15) is 0 Å². The Hall–Kier alpha value is -0.120. The van der Waals surface area contributed by atoms with Gasteiger partial charge in [0.25, 0.3) is 0 Å². The largest absolute Gasteiger partial charge is 0.378 e. The average molecular weight is 256 g/mol. The first-order valence-electron chi connectivity index (χ1n) is 7.78. The Morgan fingerprint density at radius 1 is 1.22 bits per heavy atom. The molecule has 0 saturated carbocycles. The Balaban J connectivity index is 2.32. The number of likely N-dealkylation sites (N-methyl/N-ethyl adjacent to an activating group) is 1. The zero-order valence-corrected chi connectivity index (χ0v) is 12.7. The molecule has 1 aliphatic heterocycles. The molecule has 108 valence electrons. The highest BCUT2D eigenvalue weighted by Gasteiger charge is 2.23. The van der Waals surface area contributed by atoms with E-state index >= 15 is 0 Å². The first-order valence-corrected chi connectivity index (χ1v) is 7.78. The number of likely N-dealkylation sites (tertiary alicyclic amines) is 1. The minimum Gasteiger partial charge on any atom is -0.378 e. The van der Waals surface area contributed by atoms with Crippen molar-refractivity contribution in [3.05, 3.63) is 0 Å². The molecule has 0 bridgehead atoms. The normalized spacial score (nSPS) is 22.0. The van der Waals surface area contributed by atoms with Gasteiger partial charge in [0.1, 0.15) is 0 Å². The minimum atomic E-state index is 0.507. The molecule has 0 aromatic rings. The highest BCUT2D eigenvalue weighted by Crippen LogP contribution is 2.16. The standard InChI is InChI=1S/C15H32N2O/c1-5-13(4)15(16-6-2)12-17-10-8-14(9-11-17)18-7-3/h13-16H,5-12H2,1-4H3. The van der Waals surface area contributed by atoms with Gasteiger partial charge in [-0.05, 0) is 32.2 Å². The first-order chi connectivity index (χ1) is 8.71. The molecule has 0 aromatic carbocycles. The molecular weight excluding hydrogens is 224 g/mol. The van der Waals surface area contributed by atoms with Gasteiger partial charge < -0.3 is 15.0 Å². The van der Waals surface area contributed by atoms with Crippen LogP contribution in [0.5, 0.6) is 0 Å². The van der Waals surface area contributed by atoms with Gasteiger partial charge in [0.2, 0.25) is 0 Å². The van der Waals surface area contributed by atoms with Crippen LogP contribution in [0.2, 0.25) is 0 Å². The van der Waals surface area contributed by atoms with Gasteiger partial charge in [0, 0.05) is 32.3 Å². The van der Waals surface area contributed by atoms with Crippen LogP contribution in [0.4, 0.5) is 0 Å². The van der Waals surface area contributed by atoms with Gasteiger partial charge in [-0.25, -0.2) is 0 Å². The molecule has 0 aliphatic carbocycles. The van der Waals surface area contributed by atoms with Crippen molar-refractivity contribution >= 4 is 0 Å². The monoisotopic (exact) mass is 256 g/mol. The maximum absolute atomic E-state index is 5.71. The molecule has 2 unspecified atom stereocenters. The molecule has 1 aliphatic rings. The lowest BCUT2D eigenvalue weighted by Crippen LogP contribution is -2.48. The summed E-state index contributed by atoms with van der Waals surface area (Å²) >= 11 is 0. The van der Waals surface area contributed by atoms with E-state index in [1.54, 1.807) is 0 Å². The second kappa shape index (κ2) is 8.89. The number of nitrogens with one attached hydrogen (secondary N) is 1. The summed E-state index contributed by atoms with van der Waals surface area (Å²) < 4.78 is 5.71. The van der Waals surface area contributed by atoms with Crippen molar-refractivity contribution in [2.24, 2.45) is 5.92 Å². The summed E-state index contributed by atoms with van der Waals surface area (Å²) in [5, 5.41) is 3.64. The number of nitrogens with zero attached hydrogens (tertiary/aromatic N) is 1. The van der Waals surface area contributed by atoms with Gasteiger partial charge in [-0.15, -0.1) is 0 Å². The highest BCUT2D eigenvalue weighted by molar-refractivity contribution is 4.80. The third-order valence-corrected chi connectivity index (χ3v) is 4.19. The minimum absolute atomic E-state index is 0.507. The second-order valence-electron chi connectivity index (χ2n) is 5.51. The summed E-state index contributed by atoms with van der Waals surface area (Å²) in [6, 6.07) is 0.642. The van der Waals surface area contributed by atoms with Gasteiger partial charge >= 0.3 is 0 Å². The number of rotatable bonds is 8. The molecule has 1 fully saturated rings. The van der Waals surface area contributed by atoms with E-state index in [0.717, 1.165) is 19.1 Å². The van der Waals surface area contributed by atoms with Crippen molar-refractivity contribution in [1.29, 1.82) is 0 Å². The van der Waals surface area contributed by atoms with E-state index in [4.69, 9.17) is 4.74 Å². The summed E-state index contributed by atoms with van der Waals surface area (Å²) in [6.07, 6.45) is 4.17. The number of hydrogen-bond acceptors (Lipinski definition) is 3. The lowest BCUT2D eigenvalue weighted by Gasteiger charge is -2.36. The Morgan fingerprint density at radius 2 is 1.89 bits per heavy atom. The van der Waals surface area contributed by atoms with Crippen molar-refractivity contribution in [2.45, 2.75) is 59.1 Å². The Labute approximate surface area is 113 Å². The van der Waals surface area contributed by atoms with Crippen LogP contribution in [-0.2, 0) is 4.74 Å². The predicted octanol–water partition coefficient (Wildman–Crippen LogP) is 2.51. The third-order valence-electron chi connectivity index (χ3n) is 4.19. The molecule has 1 rings (SSSR count). The van der Waals surface area contributed by atoms with Crippen LogP contribution < -0.4 is 5.32 Å². The van der Waals surface area contributed by atoms with E-state index < -0.39 is 0 Å². The summed E-state index contributed by atoms with van der Waals surface area (Å²) in [5.41, 5.74) is 0. The molecule has 0 amide bonds. The van der Waals surface area contributed by atoms with Gasteiger partial charge in [-0.1, -0.05) is 27.2 Å². The Bertz CT molecular complexity index is 203. The summed E-state index contributed by atoms with van der Waals surface area (Å²) in [7, 11) is 0. The summed E-state index contributed by atoms with van der Waals surface area (Å²) in [6.45, 7) is 14.5. The third kappa shape index (κ3) is 5.25. The zero-order chi connectivity index (χ0) is 13.4. The lowest BCUT2D eigenvalue weighted by molar-refractivity contribution is 0.0111. The van der Waals surface area contributed by atoms with Crippen molar-refractivity contribution in [1.82, 2.24) is 10.2 Å². The van der Waals surface area contributed by atoms with Crippen molar-refractivity contribution in [3.63, 3.8) is 0 Å². The maximum Gasteiger partial charge on any atom is 0.0599 e. The van der Waals surface area contributed by atoms with E-state index in [-0.39, 0.29) is 0 Å². The lowest BCUT2D eigenvalue weighted by atomic mass is 9.97. The van der Waals surface area contributed by atoms with Crippen LogP contribution in [-0.4, -0.2) is 49.8 Å². The van der Waals surface area contributed by atoms with Crippen LogP contribution in [0.15, 0.2) is 0 Å². The number of ether oxygens (including phenoxy) is 1. The molecule has 3 nitrogen and oxygen atoms in total. The van der Waals surface area contributed by atoms with Gasteiger partial charge in [-0.3, -0.25) is 0 Å². The van der Waals surface area contributed by atoms with Crippen molar-refractivity contribution in [3.8, 4) is 0 Å². The van der Waals surface area contributed by atoms with E-state index in [1.165, 1.54) is 38.9 Å². The topological polar surface area (TPSA) is 24.5 Å². The molecule has 3 heteroatoms. The smallest absolute Gasteiger partial charge is 0.0599 e. The molecule has 0 aromatic heterocycles. The van der Waals surface area contributed by atoms with Crippen LogP contribution in [0.3, 0.4) is 0 Å². The zero-order valence-electron chi connectivity index (χ0n) is 12.7. The molecule has 0 spiro atoms. The second-order valence-corrected chi connectivity index (χ2v) is 5.51. The SMILES string of the molecule is CCNC(CN1CCC(OCC)CC1)C(C)CC. The molecule has 2 atom stereocenters. The van der Waals surface area contributed by atoms with Crippen LogP contribution in [0.25, 0.3) is 0 Å². The number of hydrogen-bond donors (Lipinski definition) is 1. The Kier molecular flexibility index (Phi) is 7.87. The van der Waals surface area contributed by atoms with Gasteiger partial charge in [0.15, 0.2) is 0 Å². The van der Waals surface area contributed by atoms with Gasteiger partial charge in [-0.2, -0.15) is 0 Å². The first kappa shape index (κ1) is 15.9. The maximum atomic E-state index is 5.71. The Morgan fingerprint density at radius 3 is 2.39 bits per heavy atom. The van der Waals surface area contributed by atoms with Crippen LogP contribution >= 0.6 is 0 Å². The molecule has 1 N–H and O–H groups in total. The summed E-state index contributed by atoms with van der Waals surface area (Å²) in [4.78, 5) is 2.61. The predicted molar refractivity (Wildman–Crippen MR) is 78.0 cm³/mol. The van der Waals surface area contributed by atoms with Crippen LogP contribution in [0, 0.1) is 5.92 Å². The molecule has 0 radical (unpaired) electrons. The number of piperidine rings is 1. The van der Waals surface area contributed by atoms with E-state index in [1.807, 2.05) is 0 Å². The molecule has 1 saturated heterocycles. The summed E-state index contributed by atoms with van der Waals surface area (Å²) in [5.74, 6) is 0.759. The van der Waals surface area contributed by atoms with Gasteiger partial charge in [0.05, 0.1) is 6.10 Å². The fourth-order valence-corrected chi connectivity index (χ4v) is 2.76. The fraction of sp³-hybridized carbons (Fsp3) is 1.00. The fourth-order valence-electron chi connectivity index (χ4n) is 2.76. The van der Waals surface area contributed by atoms with Crippen molar-refractivity contribution < 1.29 is 4.74 Å². The molecular formula is C15H32N2O. The average Bonchev–Trinajstić information content (AvgIpc) is 2.40. The van der Waals surface area contributed by atoms with E-state index in [0.29, 0.717) is 12.1 Å². The van der Waals surface area contributed by atoms with Crippen molar-refractivity contribution in [2.75, 3.05) is 32.8 Å². The molecule has 18 heavy (non-hydrogen) atoms.